The minimum absolute atomic E-state index is 0.0861. The molecule has 0 bridgehead atoms. The van der Waals surface area contributed by atoms with Crippen molar-refractivity contribution in [3.05, 3.63) is 16.5 Å². The molecule has 0 amide bonds. The van der Waals surface area contributed by atoms with Crippen LogP contribution in [0.1, 0.15) is 50.0 Å². The number of aliphatic hydroxyl groups excluding tert-OH is 1. The van der Waals surface area contributed by atoms with Crippen molar-refractivity contribution in [2.24, 2.45) is 5.41 Å². The quantitative estimate of drug-likeness (QED) is 0.922. The average Bonchev–Trinajstić information content (AvgIpc) is 2.80. The van der Waals surface area contributed by atoms with Crippen LogP contribution in [0.5, 0.6) is 0 Å². The first-order valence-electron chi connectivity index (χ1n) is 7.35. The van der Waals surface area contributed by atoms with E-state index in [2.05, 4.69) is 13.8 Å². The van der Waals surface area contributed by atoms with Gasteiger partial charge in [-0.1, -0.05) is 13.8 Å². The maximum Gasteiger partial charge on any atom is 0.252 e. The van der Waals surface area contributed by atoms with Crippen LogP contribution in [-0.2, 0) is 16.6 Å². The highest BCUT2D eigenvalue weighted by molar-refractivity contribution is 7.91. The number of hydrogen-bond donors (Lipinski definition) is 1. The Morgan fingerprint density at radius 1 is 1.38 bits per heavy atom. The molecule has 0 atom stereocenters. The molecule has 0 spiro atoms. The van der Waals surface area contributed by atoms with Crippen LogP contribution < -0.4 is 0 Å². The van der Waals surface area contributed by atoms with Gasteiger partial charge in [-0.05, 0) is 49.7 Å². The summed E-state index contributed by atoms with van der Waals surface area (Å²) in [4.78, 5) is 0.728. The van der Waals surface area contributed by atoms with Gasteiger partial charge in [0.1, 0.15) is 4.21 Å². The number of thiophene rings is 1. The molecule has 120 valence electrons. The molecule has 1 aromatic rings. The van der Waals surface area contributed by atoms with Gasteiger partial charge >= 0.3 is 0 Å². The van der Waals surface area contributed by atoms with Crippen LogP contribution in [0.25, 0.3) is 0 Å². The van der Waals surface area contributed by atoms with Crippen LogP contribution in [-0.4, -0.2) is 30.9 Å². The summed E-state index contributed by atoms with van der Waals surface area (Å²) in [6.45, 7) is 6.22. The predicted molar refractivity (Wildman–Crippen MR) is 86.0 cm³/mol. The Bertz CT molecular complexity index is 594. The van der Waals surface area contributed by atoms with E-state index in [0.717, 1.165) is 36.1 Å². The molecule has 1 fully saturated rings. The molecule has 2 rings (SSSR count). The predicted octanol–water partition coefficient (Wildman–Crippen LogP) is 3.14. The molecule has 6 heteroatoms. The third-order valence-corrected chi connectivity index (χ3v) is 8.18. The lowest BCUT2D eigenvalue weighted by atomic mass is 9.76. The van der Waals surface area contributed by atoms with Crippen molar-refractivity contribution < 1.29 is 13.5 Å². The second-order valence-electron chi connectivity index (χ2n) is 6.75. The zero-order valence-electron chi connectivity index (χ0n) is 13.2. The van der Waals surface area contributed by atoms with E-state index >= 15 is 0 Å². The summed E-state index contributed by atoms with van der Waals surface area (Å²) < 4.78 is 27.3. The van der Waals surface area contributed by atoms with Gasteiger partial charge in [0, 0.05) is 18.0 Å². The van der Waals surface area contributed by atoms with E-state index in [9.17, 15) is 13.5 Å². The van der Waals surface area contributed by atoms with Gasteiger partial charge in [0.15, 0.2) is 0 Å². The van der Waals surface area contributed by atoms with Crippen LogP contribution in [0, 0.1) is 12.3 Å². The van der Waals surface area contributed by atoms with Crippen LogP contribution in [0.4, 0.5) is 0 Å². The maximum absolute atomic E-state index is 12.7. The normalized spacial score (nSPS) is 20.1. The van der Waals surface area contributed by atoms with E-state index in [1.54, 1.807) is 13.1 Å². The number of rotatable bonds is 4. The Balaban J connectivity index is 2.19. The van der Waals surface area contributed by atoms with Crippen molar-refractivity contribution in [3.8, 4) is 0 Å². The second kappa shape index (κ2) is 5.99. The van der Waals surface area contributed by atoms with Gasteiger partial charge in [0.2, 0.25) is 0 Å². The van der Waals surface area contributed by atoms with Crippen molar-refractivity contribution in [2.75, 3.05) is 7.05 Å². The van der Waals surface area contributed by atoms with Crippen molar-refractivity contribution in [3.63, 3.8) is 0 Å². The highest BCUT2D eigenvalue weighted by atomic mass is 32.2. The van der Waals surface area contributed by atoms with E-state index in [1.807, 2.05) is 6.92 Å². The lowest BCUT2D eigenvalue weighted by Gasteiger charge is -2.37. The molecule has 0 radical (unpaired) electrons. The molecule has 0 saturated heterocycles. The number of nitrogens with zero attached hydrogens (tertiary/aromatic N) is 1. The first kappa shape index (κ1) is 16.9. The van der Waals surface area contributed by atoms with Gasteiger partial charge in [-0.2, -0.15) is 4.31 Å². The van der Waals surface area contributed by atoms with E-state index in [4.69, 9.17) is 0 Å². The molecular formula is C15H25NO3S2. The van der Waals surface area contributed by atoms with Crippen molar-refractivity contribution in [1.29, 1.82) is 0 Å². The van der Waals surface area contributed by atoms with Gasteiger partial charge < -0.3 is 5.11 Å². The van der Waals surface area contributed by atoms with Crippen molar-refractivity contribution in [1.82, 2.24) is 4.31 Å². The molecule has 1 aliphatic rings. The third kappa shape index (κ3) is 3.50. The minimum Gasteiger partial charge on any atom is -0.391 e. The fourth-order valence-corrected chi connectivity index (χ4v) is 5.91. The van der Waals surface area contributed by atoms with E-state index < -0.39 is 10.0 Å². The monoisotopic (exact) mass is 331 g/mol. The summed E-state index contributed by atoms with van der Waals surface area (Å²) in [6.07, 6.45) is 3.95. The SMILES string of the molecule is Cc1cc(S(=O)(=O)N(C)C2CCC(C)(C)CC2)sc1CO. The van der Waals surface area contributed by atoms with Gasteiger partial charge in [-0.15, -0.1) is 11.3 Å². The maximum atomic E-state index is 12.7. The standard InChI is InChI=1S/C15H25NO3S2/c1-11-9-14(20-13(11)10-17)21(18,19)16(4)12-5-7-15(2,3)8-6-12/h9,12,17H,5-8,10H2,1-4H3. The summed E-state index contributed by atoms with van der Waals surface area (Å²) in [7, 11) is -1.76. The number of aliphatic hydroxyl groups is 1. The highest BCUT2D eigenvalue weighted by Crippen LogP contribution is 2.38. The Hall–Kier alpha value is -0.430. The molecule has 0 aromatic carbocycles. The van der Waals surface area contributed by atoms with Gasteiger partial charge in [0.25, 0.3) is 10.0 Å². The molecule has 1 aliphatic carbocycles. The Labute approximate surface area is 131 Å². The lowest BCUT2D eigenvalue weighted by molar-refractivity contribution is 0.174. The van der Waals surface area contributed by atoms with Crippen LogP contribution >= 0.6 is 11.3 Å². The molecular weight excluding hydrogens is 306 g/mol. The van der Waals surface area contributed by atoms with Gasteiger partial charge in [-0.25, -0.2) is 8.42 Å². The molecule has 0 aliphatic heterocycles. The zero-order chi connectivity index (χ0) is 15.8. The molecule has 0 unspecified atom stereocenters. The number of hydrogen-bond acceptors (Lipinski definition) is 4. The third-order valence-electron chi connectivity index (χ3n) is 4.60. The number of sulfonamides is 1. The Morgan fingerprint density at radius 2 is 1.95 bits per heavy atom. The Kier molecular flexibility index (Phi) is 4.83. The first-order valence-corrected chi connectivity index (χ1v) is 9.61. The van der Waals surface area contributed by atoms with Gasteiger partial charge in [0.05, 0.1) is 6.61 Å². The van der Waals surface area contributed by atoms with Crippen molar-refractivity contribution >= 4 is 21.4 Å². The molecule has 1 N–H and O–H groups in total. The summed E-state index contributed by atoms with van der Waals surface area (Å²) >= 11 is 1.18. The molecule has 1 saturated carbocycles. The van der Waals surface area contributed by atoms with E-state index in [0.29, 0.717) is 9.62 Å². The van der Waals surface area contributed by atoms with Gasteiger partial charge in [-0.3, -0.25) is 0 Å². The summed E-state index contributed by atoms with van der Waals surface area (Å²) in [5, 5.41) is 9.24. The fourth-order valence-electron chi connectivity index (χ4n) is 2.86. The van der Waals surface area contributed by atoms with Crippen LogP contribution in [0.15, 0.2) is 10.3 Å². The topological polar surface area (TPSA) is 57.6 Å². The summed E-state index contributed by atoms with van der Waals surface area (Å²) in [6, 6.07) is 1.76. The molecule has 1 aromatic heterocycles. The largest absolute Gasteiger partial charge is 0.391 e. The Morgan fingerprint density at radius 3 is 2.43 bits per heavy atom. The fraction of sp³-hybridized carbons (Fsp3) is 0.733. The van der Waals surface area contributed by atoms with Crippen LogP contribution in [0.3, 0.4) is 0 Å². The first-order chi connectivity index (χ1) is 9.67. The highest BCUT2D eigenvalue weighted by Gasteiger charge is 2.34. The average molecular weight is 332 g/mol. The second-order valence-corrected chi connectivity index (χ2v) is 10.1. The molecule has 4 nitrogen and oxygen atoms in total. The molecule has 21 heavy (non-hydrogen) atoms. The number of aryl methyl sites for hydroxylation is 1. The molecule has 1 heterocycles. The van der Waals surface area contributed by atoms with Crippen molar-refractivity contribution in [2.45, 2.75) is 63.3 Å². The summed E-state index contributed by atoms with van der Waals surface area (Å²) in [5.74, 6) is 0. The van der Waals surface area contributed by atoms with Crippen LogP contribution in [0.2, 0.25) is 0 Å². The lowest BCUT2D eigenvalue weighted by Crippen LogP contribution is -2.40. The summed E-state index contributed by atoms with van der Waals surface area (Å²) in [5.41, 5.74) is 1.17. The smallest absolute Gasteiger partial charge is 0.252 e. The minimum atomic E-state index is -3.45. The van der Waals surface area contributed by atoms with E-state index in [1.165, 1.54) is 15.6 Å². The van der Waals surface area contributed by atoms with E-state index in [-0.39, 0.29) is 12.6 Å². The zero-order valence-corrected chi connectivity index (χ0v) is 14.9.